The summed E-state index contributed by atoms with van der Waals surface area (Å²) >= 11 is 0. The average Bonchev–Trinajstić information content (AvgIpc) is 2.70. The van der Waals surface area contributed by atoms with Gasteiger partial charge in [0.2, 0.25) is 0 Å². The molecule has 1 atom stereocenters. The molecule has 4 rings (SSSR count). The van der Waals surface area contributed by atoms with E-state index < -0.39 is 0 Å². The highest BCUT2D eigenvalue weighted by atomic mass is 19.1. The van der Waals surface area contributed by atoms with Crippen LogP contribution in [0.5, 0.6) is 0 Å². The van der Waals surface area contributed by atoms with Crippen molar-refractivity contribution in [3.63, 3.8) is 0 Å². The van der Waals surface area contributed by atoms with Gasteiger partial charge in [-0.2, -0.15) is 0 Å². The lowest BCUT2D eigenvalue weighted by atomic mass is 9.91. The highest BCUT2D eigenvalue weighted by Gasteiger charge is 2.26. The summed E-state index contributed by atoms with van der Waals surface area (Å²) in [6.07, 6.45) is 5.34. The summed E-state index contributed by atoms with van der Waals surface area (Å²) in [6.45, 7) is 2.59. The van der Waals surface area contributed by atoms with Crippen LogP contribution in [0.4, 0.5) is 8.78 Å². The zero-order valence-electron chi connectivity index (χ0n) is 15.0. The monoisotopic (exact) mass is 365 g/mol. The number of likely N-dealkylation sites (tertiary alicyclic amines) is 1. The predicted octanol–water partition coefficient (Wildman–Crippen LogP) is 4.80. The van der Waals surface area contributed by atoms with Gasteiger partial charge < -0.3 is 0 Å². The van der Waals surface area contributed by atoms with E-state index >= 15 is 0 Å². The van der Waals surface area contributed by atoms with Gasteiger partial charge in [-0.25, -0.2) is 8.78 Å². The first-order chi connectivity index (χ1) is 13.2. The van der Waals surface area contributed by atoms with Crippen molar-refractivity contribution in [2.75, 3.05) is 13.1 Å². The summed E-state index contributed by atoms with van der Waals surface area (Å²) < 4.78 is 27.4. The molecule has 1 aliphatic heterocycles. The largest absolute Gasteiger partial charge is 0.298 e. The maximum absolute atomic E-state index is 14.3. The topological polar surface area (TPSA) is 29.0 Å². The van der Waals surface area contributed by atoms with Gasteiger partial charge in [0.1, 0.15) is 11.6 Å². The average molecular weight is 365 g/mol. The van der Waals surface area contributed by atoms with Crippen LogP contribution in [0, 0.1) is 11.6 Å². The van der Waals surface area contributed by atoms with E-state index in [0.29, 0.717) is 11.3 Å². The SMILES string of the molecule is Fc1ccc(CN2CCC[C@H](c3nccnc3-c3ccccc3F)C2)cc1. The molecular formula is C22H21F2N3. The number of hydrogen-bond acceptors (Lipinski definition) is 3. The molecule has 0 bridgehead atoms. The Bertz CT molecular complexity index is 911. The molecule has 27 heavy (non-hydrogen) atoms. The summed E-state index contributed by atoms with van der Waals surface area (Å²) in [6, 6.07) is 13.3. The van der Waals surface area contributed by atoms with Crippen molar-refractivity contribution in [3.05, 3.63) is 83.8 Å². The summed E-state index contributed by atoms with van der Waals surface area (Å²) in [5.41, 5.74) is 3.07. The molecule has 3 nitrogen and oxygen atoms in total. The van der Waals surface area contributed by atoms with Gasteiger partial charge in [0, 0.05) is 37.0 Å². The number of benzene rings is 2. The van der Waals surface area contributed by atoms with E-state index in [-0.39, 0.29) is 17.6 Å². The lowest BCUT2D eigenvalue weighted by Gasteiger charge is -2.33. The second kappa shape index (κ2) is 7.92. The fourth-order valence-electron chi connectivity index (χ4n) is 3.78. The van der Waals surface area contributed by atoms with E-state index in [4.69, 9.17) is 0 Å². The van der Waals surface area contributed by atoms with Crippen molar-refractivity contribution < 1.29 is 8.78 Å². The van der Waals surface area contributed by atoms with Crippen LogP contribution in [-0.2, 0) is 6.54 Å². The summed E-state index contributed by atoms with van der Waals surface area (Å²) in [4.78, 5) is 11.4. The molecular weight excluding hydrogens is 344 g/mol. The Morgan fingerprint density at radius 1 is 0.963 bits per heavy atom. The molecule has 2 heterocycles. The van der Waals surface area contributed by atoms with Crippen molar-refractivity contribution in [1.82, 2.24) is 14.9 Å². The third-order valence-corrected chi connectivity index (χ3v) is 5.07. The van der Waals surface area contributed by atoms with E-state index in [2.05, 4.69) is 14.9 Å². The Hall–Kier alpha value is -2.66. The molecule has 0 unspecified atom stereocenters. The molecule has 0 radical (unpaired) electrons. The second-order valence-corrected chi connectivity index (χ2v) is 6.97. The third kappa shape index (κ3) is 4.03. The van der Waals surface area contributed by atoms with E-state index in [0.717, 1.165) is 43.7 Å². The normalized spacial score (nSPS) is 17.8. The quantitative estimate of drug-likeness (QED) is 0.665. The lowest BCUT2D eigenvalue weighted by molar-refractivity contribution is 0.198. The Kier molecular flexibility index (Phi) is 5.21. The fourth-order valence-corrected chi connectivity index (χ4v) is 3.78. The van der Waals surface area contributed by atoms with E-state index in [1.165, 1.54) is 18.2 Å². The summed E-state index contributed by atoms with van der Waals surface area (Å²) in [7, 11) is 0. The molecule has 1 saturated heterocycles. The van der Waals surface area contributed by atoms with Crippen LogP contribution in [0.2, 0.25) is 0 Å². The minimum Gasteiger partial charge on any atom is -0.298 e. The predicted molar refractivity (Wildman–Crippen MR) is 101 cm³/mol. The number of rotatable bonds is 4. The molecule has 0 amide bonds. The number of halogens is 2. The van der Waals surface area contributed by atoms with Crippen LogP contribution in [0.15, 0.2) is 60.9 Å². The van der Waals surface area contributed by atoms with Crippen LogP contribution >= 0.6 is 0 Å². The number of nitrogens with zero attached hydrogens (tertiary/aromatic N) is 3. The fraction of sp³-hybridized carbons (Fsp3) is 0.273. The van der Waals surface area contributed by atoms with Gasteiger partial charge in [0.15, 0.2) is 0 Å². The van der Waals surface area contributed by atoms with Gasteiger partial charge in [0.05, 0.1) is 11.4 Å². The molecule has 3 aromatic rings. The maximum atomic E-state index is 14.3. The standard InChI is InChI=1S/C22H21F2N3/c23-18-9-7-16(8-10-18)14-27-13-3-4-17(15-27)21-22(26-12-11-25-21)19-5-1-2-6-20(19)24/h1-2,5-12,17H,3-4,13-15H2/t17-/m0/s1. The lowest BCUT2D eigenvalue weighted by Crippen LogP contribution is -2.34. The van der Waals surface area contributed by atoms with Crippen LogP contribution < -0.4 is 0 Å². The molecule has 0 aliphatic carbocycles. The Balaban J connectivity index is 1.57. The van der Waals surface area contributed by atoms with Gasteiger partial charge in [0.25, 0.3) is 0 Å². The van der Waals surface area contributed by atoms with Gasteiger partial charge in [-0.05, 0) is 49.2 Å². The van der Waals surface area contributed by atoms with Crippen molar-refractivity contribution in [1.29, 1.82) is 0 Å². The first kappa shape index (κ1) is 17.7. The molecule has 0 N–H and O–H groups in total. The zero-order valence-corrected chi connectivity index (χ0v) is 15.0. The minimum atomic E-state index is -0.279. The van der Waals surface area contributed by atoms with E-state index in [1.54, 1.807) is 24.5 Å². The van der Waals surface area contributed by atoms with Crippen LogP contribution in [0.3, 0.4) is 0 Å². The van der Waals surface area contributed by atoms with Gasteiger partial charge in [-0.15, -0.1) is 0 Å². The van der Waals surface area contributed by atoms with Crippen molar-refractivity contribution in [2.24, 2.45) is 0 Å². The Morgan fingerprint density at radius 3 is 2.56 bits per heavy atom. The zero-order chi connectivity index (χ0) is 18.6. The van der Waals surface area contributed by atoms with Crippen molar-refractivity contribution in [3.8, 4) is 11.3 Å². The molecule has 1 fully saturated rings. The molecule has 5 heteroatoms. The summed E-state index contributed by atoms with van der Waals surface area (Å²) in [5.74, 6) is -0.301. The molecule has 2 aromatic carbocycles. The molecule has 0 spiro atoms. The minimum absolute atomic E-state index is 0.197. The maximum Gasteiger partial charge on any atom is 0.132 e. The highest BCUT2D eigenvalue weighted by Crippen LogP contribution is 2.33. The van der Waals surface area contributed by atoms with Crippen molar-refractivity contribution in [2.45, 2.75) is 25.3 Å². The van der Waals surface area contributed by atoms with E-state index in [9.17, 15) is 8.78 Å². The summed E-state index contributed by atoms with van der Waals surface area (Å²) in [5, 5.41) is 0. The first-order valence-electron chi connectivity index (χ1n) is 9.23. The molecule has 1 aromatic heterocycles. The van der Waals surface area contributed by atoms with Crippen molar-refractivity contribution >= 4 is 0 Å². The van der Waals surface area contributed by atoms with Crippen LogP contribution in [0.25, 0.3) is 11.3 Å². The van der Waals surface area contributed by atoms with Gasteiger partial charge in [-0.1, -0.05) is 24.3 Å². The third-order valence-electron chi connectivity index (χ3n) is 5.07. The smallest absolute Gasteiger partial charge is 0.132 e. The first-order valence-corrected chi connectivity index (χ1v) is 9.23. The Labute approximate surface area is 157 Å². The van der Waals surface area contributed by atoms with Crippen LogP contribution in [-0.4, -0.2) is 28.0 Å². The molecule has 138 valence electrons. The number of piperidine rings is 1. The molecule has 1 aliphatic rings. The van der Waals surface area contributed by atoms with E-state index in [1.807, 2.05) is 18.2 Å². The van der Waals surface area contributed by atoms with Gasteiger partial charge >= 0.3 is 0 Å². The number of aromatic nitrogens is 2. The van der Waals surface area contributed by atoms with Crippen LogP contribution in [0.1, 0.15) is 30.0 Å². The Morgan fingerprint density at radius 2 is 1.74 bits per heavy atom. The second-order valence-electron chi connectivity index (χ2n) is 6.97. The highest BCUT2D eigenvalue weighted by molar-refractivity contribution is 5.62. The molecule has 0 saturated carbocycles. The number of hydrogen-bond donors (Lipinski definition) is 0. The van der Waals surface area contributed by atoms with Gasteiger partial charge in [-0.3, -0.25) is 14.9 Å².